The molecule has 0 saturated carbocycles. The molecule has 112 valence electrons. The van der Waals surface area contributed by atoms with Crippen LogP contribution in [-0.4, -0.2) is 37.6 Å². The van der Waals surface area contributed by atoms with Gasteiger partial charge in [0, 0.05) is 33.3 Å². The summed E-state index contributed by atoms with van der Waals surface area (Å²) in [6.45, 7) is 7.19. The van der Waals surface area contributed by atoms with Crippen molar-refractivity contribution in [1.29, 1.82) is 0 Å². The molecule has 0 aliphatic heterocycles. The monoisotopic (exact) mass is 278 g/mol. The molecule has 0 aromatic heterocycles. The van der Waals surface area contributed by atoms with E-state index in [0.717, 1.165) is 11.3 Å². The molecule has 4 nitrogen and oxygen atoms in total. The van der Waals surface area contributed by atoms with Crippen LogP contribution in [0.15, 0.2) is 24.3 Å². The van der Waals surface area contributed by atoms with E-state index in [4.69, 9.17) is 4.74 Å². The largest absolute Gasteiger partial charge is 0.383 e. The average Bonchev–Trinajstić information content (AvgIpc) is 2.39. The number of anilines is 1. The van der Waals surface area contributed by atoms with Gasteiger partial charge in [0.2, 0.25) is 5.91 Å². The van der Waals surface area contributed by atoms with Gasteiger partial charge in [-0.2, -0.15) is 0 Å². The molecule has 1 unspecified atom stereocenters. The molecule has 1 aromatic rings. The van der Waals surface area contributed by atoms with E-state index >= 15 is 0 Å². The van der Waals surface area contributed by atoms with E-state index in [0.29, 0.717) is 19.1 Å². The smallest absolute Gasteiger partial charge is 0.219 e. The third-order valence-electron chi connectivity index (χ3n) is 3.45. The topological polar surface area (TPSA) is 41.6 Å². The molecule has 0 bridgehead atoms. The Balaban J connectivity index is 2.86. The maximum atomic E-state index is 11.4. The highest BCUT2D eigenvalue weighted by Gasteiger charge is 2.15. The fourth-order valence-electron chi connectivity index (χ4n) is 1.95. The molecule has 0 fully saturated rings. The first-order valence-electron chi connectivity index (χ1n) is 7.00. The number of hydrogen-bond acceptors (Lipinski definition) is 3. The SMILES string of the molecule is COCC(Nc1ccccc1CN(C)C(C)=O)C(C)C. The van der Waals surface area contributed by atoms with E-state index in [1.807, 2.05) is 31.3 Å². The maximum Gasteiger partial charge on any atom is 0.219 e. The van der Waals surface area contributed by atoms with Crippen LogP contribution in [0.3, 0.4) is 0 Å². The second kappa shape index (κ2) is 7.90. The van der Waals surface area contributed by atoms with Crippen molar-refractivity contribution < 1.29 is 9.53 Å². The van der Waals surface area contributed by atoms with Crippen LogP contribution < -0.4 is 5.32 Å². The van der Waals surface area contributed by atoms with E-state index in [1.165, 1.54) is 0 Å². The van der Waals surface area contributed by atoms with Crippen LogP contribution in [0.4, 0.5) is 5.69 Å². The standard InChI is InChI=1S/C16H26N2O2/c1-12(2)16(11-20-5)17-15-9-7-6-8-14(15)10-18(4)13(3)19/h6-9,12,16-17H,10-11H2,1-5H3. The molecule has 1 N–H and O–H groups in total. The highest BCUT2D eigenvalue weighted by molar-refractivity contribution is 5.73. The number of para-hydroxylation sites is 1. The van der Waals surface area contributed by atoms with Gasteiger partial charge in [0.25, 0.3) is 0 Å². The van der Waals surface area contributed by atoms with Gasteiger partial charge in [0.15, 0.2) is 0 Å². The Morgan fingerprint density at radius 3 is 2.55 bits per heavy atom. The predicted octanol–water partition coefficient (Wildman–Crippen LogP) is 2.75. The number of nitrogens with zero attached hydrogens (tertiary/aromatic N) is 1. The number of ether oxygens (including phenoxy) is 1. The second-order valence-electron chi connectivity index (χ2n) is 5.48. The van der Waals surface area contributed by atoms with E-state index in [1.54, 1.807) is 18.9 Å². The van der Waals surface area contributed by atoms with Crippen molar-refractivity contribution in [3.63, 3.8) is 0 Å². The summed E-state index contributed by atoms with van der Waals surface area (Å²) in [6, 6.07) is 8.35. The van der Waals surface area contributed by atoms with Crippen LogP contribution in [0.1, 0.15) is 26.3 Å². The fourth-order valence-corrected chi connectivity index (χ4v) is 1.95. The molecular formula is C16H26N2O2. The number of rotatable bonds is 7. The first-order chi connectivity index (χ1) is 9.45. The summed E-state index contributed by atoms with van der Waals surface area (Å²) < 4.78 is 5.27. The van der Waals surface area contributed by atoms with Gasteiger partial charge in [-0.3, -0.25) is 4.79 Å². The summed E-state index contributed by atoms with van der Waals surface area (Å²) in [5, 5.41) is 3.53. The summed E-state index contributed by atoms with van der Waals surface area (Å²) in [5.41, 5.74) is 2.18. The number of benzene rings is 1. The van der Waals surface area contributed by atoms with Crippen LogP contribution >= 0.6 is 0 Å². The summed E-state index contributed by atoms with van der Waals surface area (Å²) in [6.07, 6.45) is 0. The summed E-state index contributed by atoms with van der Waals surface area (Å²) in [4.78, 5) is 13.1. The minimum atomic E-state index is 0.0668. The van der Waals surface area contributed by atoms with Crippen LogP contribution in [0.25, 0.3) is 0 Å². The summed E-state index contributed by atoms with van der Waals surface area (Å²) in [7, 11) is 3.53. The predicted molar refractivity (Wildman–Crippen MR) is 82.7 cm³/mol. The second-order valence-corrected chi connectivity index (χ2v) is 5.48. The lowest BCUT2D eigenvalue weighted by molar-refractivity contribution is -0.128. The third kappa shape index (κ3) is 4.85. The van der Waals surface area contributed by atoms with Crippen molar-refractivity contribution >= 4 is 11.6 Å². The molecule has 0 aliphatic rings. The van der Waals surface area contributed by atoms with Gasteiger partial charge in [-0.05, 0) is 17.5 Å². The van der Waals surface area contributed by atoms with E-state index < -0.39 is 0 Å². The molecule has 1 aromatic carbocycles. The van der Waals surface area contributed by atoms with Gasteiger partial charge < -0.3 is 15.0 Å². The molecule has 0 heterocycles. The summed E-state index contributed by atoms with van der Waals surface area (Å²) >= 11 is 0. The van der Waals surface area contributed by atoms with Gasteiger partial charge in [-0.25, -0.2) is 0 Å². The number of carbonyl (C=O) groups excluding carboxylic acids is 1. The highest BCUT2D eigenvalue weighted by atomic mass is 16.5. The number of amides is 1. The molecule has 0 saturated heterocycles. The normalized spacial score (nSPS) is 12.3. The average molecular weight is 278 g/mol. The minimum absolute atomic E-state index is 0.0668. The maximum absolute atomic E-state index is 11.4. The lowest BCUT2D eigenvalue weighted by Gasteiger charge is -2.25. The molecule has 0 spiro atoms. The zero-order chi connectivity index (χ0) is 15.1. The number of carbonyl (C=O) groups is 1. The van der Waals surface area contributed by atoms with Crippen LogP contribution in [-0.2, 0) is 16.1 Å². The first kappa shape index (κ1) is 16.5. The van der Waals surface area contributed by atoms with Crippen molar-refractivity contribution in [3.8, 4) is 0 Å². The quantitative estimate of drug-likeness (QED) is 0.834. The molecule has 1 atom stereocenters. The molecule has 1 rings (SSSR count). The highest BCUT2D eigenvalue weighted by Crippen LogP contribution is 2.20. The van der Waals surface area contributed by atoms with Gasteiger partial charge in [-0.1, -0.05) is 32.0 Å². The zero-order valence-corrected chi connectivity index (χ0v) is 13.1. The Kier molecular flexibility index (Phi) is 6.52. The lowest BCUT2D eigenvalue weighted by atomic mass is 10.0. The van der Waals surface area contributed by atoms with E-state index in [-0.39, 0.29) is 11.9 Å². The molecule has 1 amide bonds. The van der Waals surface area contributed by atoms with Gasteiger partial charge in [-0.15, -0.1) is 0 Å². The first-order valence-corrected chi connectivity index (χ1v) is 7.00. The Bertz CT molecular complexity index is 432. The van der Waals surface area contributed by atoms with Crippen molar-refractivity contribution in [3.05, 3.63) is 29.8 Å². The van der Waals surface area contributed by atoms with E-state index in [9.17, 15) is 4.79 Å². The Morgan fingerprint density at radius 1 is 1.35 bits per heavy atom. The molecule has 20 heavy (non-hydrogen) atoms. The van der Waals surface area contributed by atoms with Gasteiger partial charge >= 0.3 is 0 Å². The number of methoxy groups -OCH3 is 1. The Morgan fingerprint density at radius 2 is 2.00 bits per heavy atom. The van der Waals surface area contributed by atoms with E-state index in [2.05, 4.69) is 19.2 Å². The van der Waals surface area contributed by atoms with Crippen LogP contribution in [0.2, 0.25) is 0 Å². The Hall–Kier alpha value is -1.55. The number of nitrogens with one attached hydrogen (secondary N) is 1. The van der Waals surface area contributed by atoms with Crippen LogP contribution in [0.5, 0.6) is 0 Å². The van der Waals surface area contributed by atoms with Crippen LogP contribution in [0, 0.1) is 5.92 Å². The molecular weight excluding hydrogens is 252 g/mol. The van der Waals surface area contributed by atoms with Gasteiger partial charge in [0.1, 0.15) is 0 Å². The molecule has 0 radical (unpaired) electrons. The molecule has 0 aliphatic carbocycles. The van der Waals surface area contributed by atoms with Crippen molar-refractivity contribution in [1.82, 2.24) is 4.90 Å². The molecule has 4 heteroatoms. The van der Waals surface area contributed by atoms with Crippen molar-refractivity contribution in [2.24, 2.45) is 5.92 Å². The zero-order valence-electron chi connectivity index (χ0n) is 13.1. The van der Waals surface area contributed by atoms with Crippen molar-refractivity contribution in [2.45, 2.75) is 33.4 Å². The van der Waals surface area contributed by atoms with Crippen molar-refractivity contribution in [2.75, 3.05) is 26.1 Å². The number of hydrogen-bond donors (Lipinski definition) is 1. The third-order valence-corrected chi connectivity index (χ3v) is 3.45. The van der Waals surface area contributed by atoms with Gasteiger partial charge in [0.05, 0.1) is 12.6 Å². The Labute approximate surface area is 122 Å². The summed E-state index contributed by atoms with van der Waals surface area (Å²) in [5.74, 6) is 0.533. The fraction of sp³-hybridized carbons (Fsp3) is 0.562. The lowest BCUT2D eigenvalue weighted by Crippen LogP contribution is -2.31. The minimum Gasteiger partial charge on any atom is -0.383 e.